The van der Waals surface area contributed by atoms with Crippen LogP contribution in [0.1, 0.15) is 18.2 Å². The van der Waals surface area contributed by atoms with Crippen LogP contribution in [0.15, 0.2) is 42.6 Å². The molecule has 0 amide bonds. The number of hydrogen-bond acceptors (Lipinski definition) is 3. The van der Waals surface area contributed by atoms with Gasteiger partial charge in [-0.2, -0.15) is 0 Å². The van der Waals surface area contributed by atoms with E-state index in [-0.39, 0.29) is 10.6 Å². The number of aromatic nitrogens is 1. The zero-order valence-electron chi connectivity index (χ0n) is 11.2. The van der Waals surface area contributed by atoms with Crippen molar-refractivity contribution in [1.82, 2.24) is 4.98 Å². The van der Waals surface area contributed by atoms with Crippen LogP contribution in [0.25, 0.3) is 0 Å². The van der Waals surface area contributed by atoms with Crippen LogP contribution in [-0.4, -0.2) is 16.5 Å². The normalized spacial score (nSPS) is 10.3. The Hall–Kier alpha value is -2.01. The molecule has 0 saturated heterocycles. The van der Waals surface area contributed by atoms with Gasteiger partial charge in [0, 0.05) is 24.0 Å². The molecule has 1 aromatic heterocycles. The van der Waals surface area contributed by atoms with E-state index in [1.54, 1.807) is 12.3 Å². The Bertz CT molecular complexity index is 601. The fourth-order valence-corrected chi connectivity index (χ4v) is 2.14. The molecule has 0 spiro atoms. The number of halogens is 1. The van der Waals surface area contributed by atoms with Gasteiger partial charge in [-0.25, -0.2) is 4.39 Å². The van der Waals surface area contributed by atoms with E-state index in [2.05, 4.69) is 4.98 Å². The SMILES string of the molecule is CCN(Cc1ccccn1)c1ccc(C(N)=S)c(F)c1. The molecule has 2 N–H and O–H groups in total. The van der Waals surface area contributed by atoms with Crippen LogP contribution in [0.3, 0.4) is 0 Å². The summed E-state index contributed by atoms with van der Waals surface area (Å²) >= 11 is 4.81. The van der Waals surface area contributed by atoms with Crippen molar-refractivity contribution in [3.63, 3.8) is 0 Å². The molecule has 0 aliphatic carbocycles. The highest BCUT2D eigenvalue weighted by atomic mass is 32.1. The minimum atomic E-state index is -0.394. The van der Waals surface area contributed by atoms with Gasteiger partial charge in [-0.1, -0.05) is 18.3 Å². The average Bonchev–Trinajstić information content (AvgIpc) is 2.45. The Labute approximate surface area is 123 Å². The Morgan fingerprint density at radius 3 is 2.70 bits per heavy atom. The number of anilines is 1. The summed E-state index contributed by atoms with van der Waals surface area (Å²) in [6.07, 6.45) is 1.75. The van der Waals surface area contributed by atoms with Crippen molar-refractivity contribution in [3.05, 3.63) is 59.7 Å². The summed E-state index contributed by atoms with van der Waals surface area (Å²) < 4.78 is 13.9. The third-order valence-electron chi connectivity index (χ3n) is 3.04. The van der Waals surface area contributed by atoms with Crippen LogP contribution in [0.5, 0.6) is 0 Å². The second kappa shape index (κ2) is 6.43. The zero-order chi connectivity index (χ0) is 14.5. The van der Waals surface area contributed by atoms with Crippen molar-refractivity contribution in [2.45, 2.75) is 13.5 Å². The molecule has 0 bridgehead atoms. The van der Waals surface area contributed by atoms with Crippen molar-refractivity contribution < 1.29 is 4.39 Å². The highest BCUT2D eigenvalue weighted by Crippen LogP contribution is 2.20. The summed E-state index contributed by atoms with van der Waals surface area (Å²) in [6.45, 7) is 3.40. The fourth-order valence-electron chi connectivity index (χ4n) is 1.97. The molecule has 2 rings (SSSR count). The summed E-state index contributed by atoms with van der Waals surface area (Å²) in [5.74, 6) is -0.394. The minimum absolute atomic E-state index is 0.0711. The Morgan fingerprint density at radius 1 is 1.35 bits per heavy atom. The molecule has 1 heterocycles. The van der Waals surface area contributed by atoms with Gasteiger partial charge in [0.1, 0.15) is 10.8 Å². The summed E-state index contributed by atoms with van der Waals surface area (Å²) in [6, 6.07) is 10.7. The quantitative estimate of drug-likeness (QED) is 0.859. The van der Waals surface area contributed by atoms with E-state index in [4.69, 9.17) is 18.0 Å². The number of rotatable bonds is 5. The lowest BCUT2D eigenvalue weighted by Crippen LogP contribution is -2.23. The van der Waals surface area contributed by atoms with Gasteiger partial charge in [-0.3, -0.25) is 4.98 Å². The number of benzene rings is 1. The average molecular weight is 289 g/mol. The van der Waals surface area contributed by atoms with Gasteiger partial charge in [0.2, 0.25) is 0 Å². The molecule has 20 heavy (non-hydrogen) atoms. The molecule has 0 radical (unpaired) electrons. The standard InChI is InChI=1S/C15H16FN3S/c1-2-19(10-11-5-3-4-8-18-11)12-6-7-13(15(17)20)14(16)9-12/h3-9H,2,10H2,1H3,(H2,17,20). The van der Waals surface area contributed by atoms with E-state index in [0.29, 0.717) is 6.54 Å². The number of nitrogens with two attached hydrogens (primary N) is 1. The third kappa shape index (κ3) is 3.30. The summed E-state index contributed by atoms with van der Waals surface area (Å²) in [5.41, 5.74) is 7.47. The Balaban J connectivity index is 2.24. The van der Waals surface area contributed by atoms with Gasteiger partial charge >= 0.3 is 0 Å². The molecular formula is C15H16FN3S. The highest BCUT2D eigenvalue weighted by Gasteiger charge is 2.10. The Kier molecular flexibility index (Phi) is 4.63. The molecule has 0 aliphatic rings. The maximum atomic E-state index is 13.9. The molecule has 0 saturated carbocycles. The maximum absolute atomic E-state index is 13.9. The first-order valence-electron chi connectivity index (χ1n) is 6.36. The van der Waals surface area contributed by atoms with Crippen LogP contribution in [-0.2, 0) is 6.54 Å². The summed E-state index contributed by atoms with van der Waals surface area (Å²) in [4.78, 5) is 6.39. The smallest absolute Gasteiger partial charge is 0.135 e. The number of thiocarbonyl (C=S) groups is 1. The topological polar surface area (TPSA) is 42.2 Å². The molecule has 0 atom stereocenters. The lowest BCUT2D eigenvalue weighted by molar-refractivity contribution is 0.624. The van der Waals surface area contributed by atoms with Gasteiger partial charge in [-0.15, -0.1) is 0 Å². The second-order valence-electron chi connectivity index (χ2n) is 4.36. The second-order valence-corrected chi connectivity index (χ2v) is 4.80. The molecular weight excluding hydrogens is 273 g/mol. The van der Waals surface area contributed by atoms with E-state index in [0.717, 1.165) is 17.9 Å². The first-order valence-corrected chi connectivity index (χ1v) is 6.77. The molecule has 0 unspecified atom stereocenters. The molecule has 5 heteroatoms. The van der Waals surface area contributed by atoms with Crippen molar-refractivity contribution >= 4 is 22.9 Å². The molecule has 2 aromatic rings. The fraction of sp³-hybridized carbons (Fsp3) is 0.200. The lowest BCUT2D eigenvalue weighted by Gasteiger charge is -2.23. The number of nitrogens with zero attached hydrogens (tertiary/aromatic N) is 2. The largest absolute Gasteiger partial charge is 0.389 e. The van der Waals surface area contributed by atoms with E-state index in [1.807, 2.05) is 36.1 Å². The van der Waals surface area contributed by atoms with Crippen molar-refractivity contribution in [2.75, 3.05) is 11.4 Å². The molecule has 0 aliphatic heterocycles. The van der Waals surface area contributed by atoms with Crippen LogP contribution in [0.4, 0.5) is 10.1 Å². The third-order valence-corrected chi connectivity index (χ3v) is 3.26. The van der Waals surface area contributed by atoms with E-state index in [9.17, 15) is 4.39 Å². The maximum Gasteiger partial charge on any atom is 0.135 e. The Morgan fingerprint density at radius 2 is 2.15 bits per heavy atom. The summed E-state index contributed by atoms with van der Waals surface area (Å²) in [7, 11) is 0. The van der Waals surface area contributed by atoms with Crippen LogP contribution in [0.2, 0.25) is 0 Å². The van der Waals surface area contributed by atoms with E-state index in [1.165, 1.54) is 6.07 Å². The van der Waals surface area contributed by atoms with E-state index >= 15 is 0 Å². The lowest BCUT2D eigenvalue weighted by atomic mass is 10.1. The molecule has 1 aromatic carbocycles. The minimum Gasteiger partial charge on any atom is -0.389 e. The monoisotopic (exact) mass is 289 g/mol. The zero-order valence-corrected chi connectivity index (χ0v) is 12.0. The molecule has 3 nitrogen and oxygen atoms in total. The predicted molar refractivity (Wildman–Crippen MR) is 83.2 cm³/mol. The first-order chi connectivity index (χ1) is 9.61. The van der Waals surface area contributed by atoms with Gasteiger partial charge < -0.3 is 10.6 Å². The predicted octanol–water partition coefficient (Wildman–Crippen LogP) is 2.88. The van der Waals surface area contributed by atoms with Crippen LogP contribution in [0, 0.1) is 5.82 Å². The number of pyridine rings is 1. The molecule has 104 valence electrons. The highest BCUT2D eigenvalue weighted by molar-refractivity contribution is 7.80. The molecule has 0 fully saturated rings. The number of hydrogen-bond donors (Lipinski definition) is 1. The van der Waals surface area contributed by atoms with Gasteiger partial charge in [0.15, 0.2) is 0 Å². The van der Waals surface area contributed by atoms with Gasteiger partial charge in [0.05, 0.1) is 12.2 Å². The summed E-state index contributed by atoms with van der Waals surface area (Å²) in [5, 5.41) is 0. The van der Waals surface area contributed by atoms with Gasteiger partial charge in [-0.05, 0) is 37.3 Å². The van der Waals surface area contributed by atoms with Crippen molar-refractivity contribution in [1.29, 1.82) is 0 Å². The first kappa shape index (κ1) is 14.4. The van der Waals surface area contributed by atoms with E-state index < -0.39 is 5.82 Å². The van der Waals surface area contributed by atoms with Crippen molar-refractivity contribution in [3.8, 4) is 0 Å². The van der Waals surface area contributed by atoms with Crippen LogP contribution >= 0.6 is 12.2 Å². The van der Waals surface area contributed by atoms with Crippen LogP contribution < -0.4 is 10.6 Å². The van der Waals surface area contributed by atoms with Gasteiger partial charge in [0.25, 0.3) is 0 Å². The van der Waals surface area contributed by atoms with Crippen molar-refractivity contribution in [2.24, 2.45) is 5.73 Å².